The lowest BCUT2D eigenvalue weighted by Crippen LogP contribution is -2.64. The average Bonchev–Trinajstić information content (AvgIpc) is 3.50. The highest BCUT2D eigenvalue weighted by atomic mass is 16.2. The van der Waals surface area contributed by atoms with Crippen molar-refractivity contribution in [1.29, 1.82) is 0 Å². The summed E-state index contributed by atoms with van der Waals surface area (Å²) in [7, 11) is 0. The molecule has 0 amide bonds. The van der Waals surface area contributed by atoms with Crippen molar-refractivity contribution in [2.75, 3.05) is 22.9 Å². The molecule has 0 saturated heterocycles. The van der Waals surface area contributed by atoms with Crippen molar-refractivity contribution in [3.05, 3.63) is 159 Å². The summed E-state index contributed by atoms with van der Waals surface area (Å²) in [6, 6.07) is 25.1. The molecule has 0 N–H and O–H groups in total. The van der Waals surface area contributed by atoms with E-state index in [1.807, 2.05) is 24.3 Å². The van der Waals surface area contributed by atoms with Gasteiger partial charge in [0.2, 0.25) is 21.7 Å². The van der Waals surface area contributed by atoms with Crippen LogP contribution in [0.15, 0.2) is 116 Å². The Labute approximate surface area is 304 Å². The minimum Gasteiger partial charge on any atom is -0.344 e. The third-order valence-electron chi connectivity index (χ3n) is 11.2. The van der Waals surface area contributed by atoms with Crippen LogP contribution in [0.5, 0.6) is 0 Å². The van der Waals surface area contributed by atoms with Gasteiger partial charge in [0.15, 0.2) is 0 Å². The van der Waals surface area contributed by atoms with Gasteiger partial charge in [0, 0.05) is 46.7 Å². The van der Waals surface area contributed by atoms with E-state index in [2.05, 4.69) is 99.9 Å². The zero-order valence-corrected chi connectivity index (χ0v) is 31.0. The van der Waals surface area contributed by atoms with E-state index < -0.39 is 32.5 Å². The fraction of sp³-hybridized carbons (Fsp3) is 0.304. The first-order valence-electron chi connectivity index (χ1n) is 18.6. The Morgan fingerprint density at radius 3 is 1.23 bits per heavy atom. The summed E-state index contributed by atoms with van der Waals surface area (Å²) in [5.74, 6) is 0. The normalized spacial score (nSPS) is 17.3. The van der Waals surface area contributed by atoms with Crippen molar-refractivity contribution < 1.29 is 0 Å². The fourth-order valence-electron chi connectivity index (χ4n) is 8.51. The SMILES string of the molecule is CCCCN1/C(=C\C=c2c(=O)c(=O)c(=C/C=C3/N(CCCC)c4ccc5ccccc5c4C3(C)C)c(=O)c2=O)C(C)(C)c2c1ccc1ccccc21. The zero-order valence-electron chi connectivity index (χ0n) is 31.0. The monoisotopic (exact) mass is 690 g/mol. The van der Waals surface area contributed by atoms with Crippen LogP contribution in [0.2, 0.25) is 0 Å². The molecule has 0 saturated carbocycles. The molecule has 5 aromatic rings. The molecule has 5 aromatic carbocycles. The lowest BCUT2D eigenvalue weighted by molar-refractivity contribution is 0.628. The minimum absolute atomic E-state index is 0.385. The van der Waals surface area contributed by atoms with E-state index in [9.17, 15) is 19.2 Å². The summed E-state index contributed by atoms with van der Waals surface area (Å²) >= 11 is 0. The number of fused-ring (bicyclic) bond motifs is 6. The molecular formula is C46H46N2O4. The number of nitrogens with zero attached hydrogens (tertiary/aromatic N) is 2. The third kappa shape index (κ3) is 5.47. The van der Waals surface area contributed by atoms with Crippen LogP contribution in [0.1, 0.15) is 78.4 Å². The van der Waals surface area contributed by atoms with Crippen molar-refractivity contribution in [2.24, 2.45) is 0 Å². The lowest BCUT2D eigenvalue weighted by atomic mass is 9.81. The summed E-state index contributed by atoms with van der Waals surface area (Å²) in [4.78, 5) is 59.1. The molecule has 0 spiro atoms. The maximum Gasteiger partial charge on any atom is 0.237 e. The summed E-state index contributed by atoms with van der Waals surface area (Å²) < 4.78 is 0. The smallest absolute Gasteiger partial charge is 0.237 e. The Kier molecular flexibility index (Phi) is 8.98. The van der Waals surface area contributed by atoms with Crippen LogP contribution in [0.25, 0.3) is 33.7 Å². The number of anilines is 2. The number of benzene rings is 5. The molecule has 2 aliphatic heterocycles. The van der Waals surface area contributed by atoms with Gasteiger partial charge in [0.05, 0.1) is 10.4 Å². The van der Waals surface area contributed by atoms with Gasteiger partial charge in [-0.2, -0.15) is 0 Å². The van der Waals surface area contributed by atoms with Crippen LogP contribution in [0.4, 0.5) is 11.4 Å². The standard InChI is InChI=1S/C46H46N2O4/c1-7-9-27-47-35-23-19-29-15-11-13-17-31(29)39(35)45(3,4)37(47)25-21-33-41(49)43(51)34(44(52)42(33)50)22-26-38-46(5,6)40-32-18-14-12-16-30(32)20-24-36(40)48(38)28-10-8-2/h11-26H,7-10,27-28H2,1-6H3/b33-21?,34-22?,37-25-,38-26+. The minimum atomic E-state index is -0.951. The van der Waals surface area contributed by atoms with Gasteiger partial charge < -0.3 is 9.80 Å². The molecule has 52 heavy (non-hydrogen) atoms. The van der Waals surface area contributed by atoms with Gasteiger partial charge in [-0.1, -0.05) is 115 Å². The van der Waals surface area contributed by atoms with Gasteiger partial charge in [-0.25, -0.2) is 0 Å². The highest BCUT2D eigenvalue weighted by molar-refractivity contribution is 5.96. The lowest BCUT2D eigenvalue weighted by Gasteiger charge is -2.27. The van der Waals surface area contributed by atoms with Gasteiger partial charge in [-0.3, -0.25) is 19.2 Å². The van der Waals surface area contributed by atoms with Gasteiger partial charge in [0.25, 0.3) is 0 Å². The molecule has 6 heteroatoms. The van der Waals surface area contributed by atoms with Crippen LogP contribution in [0, 0.1) is 0 Å². The van der Waals surface area contributed by atoms with E-state index in [1.54, 1.807) is 12.2 Å². The highest BCUT2D eigenvalue weighted by Crippen LogP contribution is 2.52. The van der Waals surface area contributed by atoms with E-state index in [-0.39, 0.29) is 10.4 Å². The molecule has 0 radical (unpaired) electrons. The Morgan fingerprint density at radius 2 is 0.865 bits per heavy atom. The predicted molar refractivity (Wildman–Crippen MR) is 217 cm³/mol. The number of unbranched alkanes of at least 4 members (excludes halogenated alkanes) is 2. The number of hydrogen-bond donors (Lipinski definition) is 0. The van der Waals surface area contributed by atoms with Crippen LogP contribution >= 0.6 is 0 Å². The largest absolute Gasteiger partial charge is 0.344 e. The zero-order chi connectivity index (χ0) is 36.9. The maximum atomic E-state index is 13.7. The second-order valence-corrected chi connectivity index (χ2v) is 15.2. The van der Waals surface area contributed by atoms with E-state index in [0.29, 0.717) is 0 Å². The molecule has 0 atom stereocenters. The molecular weight excluding hydrogens is 645 g/mol. The van der Waals surface area contributed by atoms with Crippen molar-refractivity contribution in [1.82, 2.24) is 0 Å². The Bertz CT molecular complexity index is 2420. The highest BCUT2D eigenvalue weighted by Gasteiger charge is 2.42. The topological polar surface area (TPSA) is 74.8 Å². The molecule has 0 fully saturated rings. The van der Waals surface area contributed by atoms with E-state index in [4.69, 9.17) is 0 Å². The van der Waals surface area contributed by atoms with Gasteiger partial charge in [0.1, 0.15) is 0 Å². The molecule has 7 rings (SSSR count). The second kappa shape index (κ2) is 13.3. The van der Waals surface area contributed by atoms with Crippen molar-refractivity contribution >= 4 is 45.1 Å². The van der Waals surface area contributed by atoms with Gasteiger partial charge in [-0.15, -0.1) is 0 Å². The molecule has 6 nitrogen and oxygen atoms in total. The summed E-state index contributed by atoms with van der Waals surface area (Å²) in [6.07, 6.45) is 10.2. The Balaban J connectivity index is 1.36. The van der Waals surface area contributed by atoms with Crippen molar-refractivity contribution in [3.63, 3.8) is 0 Å². The summed E-state index contributed by atoms with van der Waals surface area (Å²) in [5.41, 5.74) is 1.62. The first-order chi connectivity index (χ1) is 24.9. The first kappa shape index (κ1) is 35.1. The van der Waals surface area contributed by atoms with E-state index in [1.165, 1.54) is 23.3 Å². The molecule has 0 bridgehead atoms. The van der Waals surface area contributed by atoms with Gasteiger partial charge in [-0.05, 0) is 82.0 Å². The summed E-state index contributed by atoms with van der Waals surface area (Å²) in [6.45, 7) is 14.3. The van der Waals surface area contributed by atoms with Gasteiger partial charge >= 0.3 is 0 Å². The molecule has 0 aliphatic carbocycles. The van der Waals surface area contributed by atoms with Crippen LogP contribution in [0.3, 0.4) is 0 Å². The number of hydrogen-bond acceptors (Lipinski definition) is 6. The summed E-state index contributed by atoms with van der Waals surface area (Å²) in [5, 5.41) is 3.81. The second-order valence-electron chi connectivity index (χ2n) is 15.2. The van der Waals surface area contributed by atoms with Crippen molar-refractivity contribution in [3.8, 4) is 0 Å². The van der Waals surface area contributed by atoms with E-state index >= 15 is 0 Å². The molecule has 2 aliphatic rings. The third-order valence-corrected chi connectivity index (χ3v) is 11.2. The number of rotatable bonds is 8. The molecule has 2 heterocycles. The predicted octanol–water partition coefficient (Wildman–Crippen LogP) is 6.83. The van der Waals surface area contributed by atoms with E-state index in [0.717, 1.165) is 83.1 Å². The molecule has 0 aromatic heterocycles. The fourth-order valence-corrected chi connectivity index (χ4v) is 8.51. The number of allylic oxidation sites excluding steroid dienone is 4. The van der Waals surface area contributed by atoms with Crippen LogP contribution in [-0.4, -0.2) is 13.1 Å². The quantitative estimate of drug-likeness (QED) is 0.166. The maximum absolute atomic E-state index is 13.7. The molecule has 264 valence electrons. The van der Waals surface area contributed by atoms with Crippen LogP contribution < -0.4 is 42.0 Å². The Morgan fingerprint density at radius 1 is 0.500 bits per heavy atom. The first-order valence-corrected chi connectivity index (χ1v) is 18.6. The van der Waals surface area contributed by atoms with Crippen LogP contribution in [-0.2, 0) is 10.8 Å². The molecule has 0 unspecified atom stereocenters. The Hall–Kier alpha value is -5.36. The van der Waals surface area contributed by atoms with Crippen molar-refractivity contribution in [2.45, 2.75) is 78.1 Å². The average molecular weight is 691 g/mol.